The summed E-state index contributed by atoms with van der Waals surface area (Å²) >= 11 is 4.77. The maximum atomic E-state index is 12.2. The van der Waals surface area contributed by atoms with E-state index in [2.05, 4.69) is 16.0 Å². The molecule has 1 fully saturated rings. The molecule has 10 heteroatoms. The van der Waals surface area contributed by atoms with Crippen molar-refractivity contribution >= 4 is 46.8 Å². The minimum absolute atomic E-state index is 0.0404. The molecule has 3 N–H and O–H groups in total. The standard InChI is InChI=1S/C21H19N3O6S/c1-28-14-6-4-13(5-7-14)22-18(25)11-30-16-8-3-12(10-17(16)29-2)9-15-19(26)23-21(31)24-20(15)27/h3-10H,11H2,1-2H3,(H,22,25)(H2,23,24,26,27,31). The van der Waals surface area contributed by atoms with Gasteiger partial charge in [-0.3, -0.25) is 25.0 Å². The molecular formula is C21H19N3O6S. The molecule has 31 heavy (non-hydrogen) atoms. The molecule has 1 heterocycles. The summed E-state index contributed by atoms with van der Waals surface area (Å²) in [5, 5.41) is 7.40. The number of hydrogen-bond donors (Lipinski definition) is 3. The fourth-order valence-corrected chi connectivity index (χ4v) is 2.87. The van der Waals surface area contributed by atoms with E-state index in [4.69, 9.17) is 26.4 Å². The van der Waals surface area contributed by atoms with E-state index in [-0.39, 0.29) is 23.2 Å². The molecule has 0 atom stereocenters. The molecule has 1 saturated heterocycles. The van der Waals surface area contributed by atoms with Crippen molar-refractivity contribution in [2.24, 2.45) is 0 Å². The van der Waals surface area contributed by atoms with Crippen molar-refractivity contribution in [2.75, 3.05) is 26.1 Å². The number of nitrogens with one attached hydrogen (secondary N) is 3. The van der Waals surface area contributed by atoms with Crippen LogP contribution in [0, 0.1) is 0 Å². The normalized spacial score (nSPS) is 13.1. The number of anilines is 1. The van der Waals surface area contributed by atoms with Crippen molar-refractivity contribution in [1.29, 1.82) is 0 Å². The zero-order valence-corrected chi connectivity index (χ0v) is 17.5. The molecule has 0 aliphatic carbocycles. The van der Waals surface area contributed by atoms with E-state index in [1.807, 2.05) is 0 Å². The smallest absolute Gasteiger partial charge is 0.263 e. The van der Waals surface area contributed by atoms with Gasteiger partial charge < -0.3 is 19.5 Å². The van der Waals surface area contributed by atoms with Gasteiger partial charge in [0.25, 0.3) is 17.7 Å². The molecular weight excluding hydrogens is 422 g/mol. The topological polar surface area (TPSA) is 115 Å². The zero-order chi connectivity index (χ0) is 22.4. The Bertz CT molecular complexity index is 1040. The molecule has 2 aromatic carbocycles. The van der Waals surface area contributed by atoms with Gasteiger partial charge in [0.2, 0.25) is 0 Å². The van der Waals surface area contributed by atoms with Crippen LogP contribution in [0.15, 0.2) is 48.0 Å². The average Bonchev–Trinajstić information content (AvgIpc) is 2.75. The summed E-state index contributed by atoms with van der Waals surface area (Å²) in [5.41, 5.74) is 1.04. The van der Waals surface area contributed by atoms with Crippen LogP contribution in [0.2, 0.25) is 0 Å². The van der Waals surface area contributed by atoms with E-state index < -0.39 is 11.8 Å². The summed E-state index contributed by atoms with van der Waals surface area (Å²) in [5.74, 6) is -0.205. The third kappa shape index (κ3) is 5.58. The van der Waals surface area contributed by atoms with E-state index >= 15 is 0 Å². The SMILES string of the molecule is COc1ccc(NC(=O)COc2ccc(C=C3C(=O)NC(=S)NC3=O)cc2OC)cc1. The number of benzene rings is 2. The Morgan fingerprint density at radius 1 is 1.00 bits per heavy atom. The summed E-state index contributed by atoms with van der Waals surface area (Å²) in [7, 11) is 3.00. The van der Waals surface area contributed by atoms with Crippen molar-refractivity contribution in [2.45, 2.75) is 0 Å². The summed E-state index contributed by atoms with van der Waals surface area (Å²) in [4.78, 5) is 36.1. The van der Waals surface area contributed by atoms with Crippen LogP contribution >= 0.6 is 12.2 Å². The lowest BCUT2D eigenvalue weighted by atomic mass is 10.1. The molecule has 3 amide bonds. The molecule has 9 nitrogen and oxygen atoms in total. The Balaban J connectivity index is 1.66. The Kier molecular flexibility index (Phi) is 6.83. The monoisotopic (exact) mass is 441 g/mol. The van der Waals surface area contributed by atoms with Crippen LogP contribution in [0.4, 0.5) is 5.69 Å². The number of thiocarbonyl (C=S) groups is 1. The summed E-state index contributed by atoms with van der Waals surface area (Å²) < 4.78 is 15.9. The predicted octanol–water partition coefficient (Wildman–Crippen LogP) is 1.64. The Hall–Kier alpha value is -3.92. The van der Waals surface area contributed by atoms with Gasteiger partial charge in [-0.15, -0.1) is 0 Å². The molecule has 160 valence electrons. The zero-order valence-electron chi connectivity index (χ0n) is 16.7. The highest BCUT2D eigenvalue weighted by Gasteiger charge is 2.25. The fraction of sp³-hybridized carbons (Fsp3) is 0.143. The van der Waals surface area contributed by atoms with Gasteiger partial charge in [0.05, 0.1) is 14.2 Å². The van der Waals surface area contributed by atoms with Crippen molar-refractivity contribution in [3.05, 3.63) is 53.6 Å². The summed E-state index contributed by atoms with van der Waals surface area (Å²) in [6.07, 6.45) is 1.40. The Morgan fingerprint density at radius 3 is 2.29 bits per heavy atom. The molecule has 0 saturated carbocycles. The number of carbonyl (C=O) groups excluding carboxylic acids is 3. The van der Waals surface area contributed by atoms with Crippen molar-refractivity contribution < 1.29 is 28.6 Å². The van der Waals surface area contributed by atoms with Crippen LogP contribution in [0.5, 0.6) is 17.2 Å². The lowest BCUT2D eigenvalue weighted by Crippen LogP contribution is -2.51. The van der Waals surface area contributed by atoms with Gasteiger partial charge in [-0.05, 0) is 60.3 Å². The highest BCUT2D eigenvalue weighted by molar-refractivity contribution is 7.80. The molecule has 0 aromatic heterocycles. The second-order valence-electron chi connectivity index (χ2n) is 6.27. The first-order valence-corrected chi connectivity index (χ1v) is 9.43. The quantitative estimate of drug-likeness (QED) is 0.340. The van der Waals surface area contributed by atoms with E-state index in [9.17, 15) is 14.4 Å². The molecule has 0 radical (unpaired) electrons. The lowest BCUT2D eigenvalue weighted by molar-refractivity contribution is -0.123. The number of methoxy groups -OCH3 is 2. The van der Waals surface area contributed by atoms with Crippen LogP contribution in [0.1, 0.15) is 5.56 Å². The van der Waals surface area contributed by atoms with Gasteiger partial charge >= 0.3 is 0 Å². The lowest BCUT2D eigenvalue weighted by Gasteiger charge is -2.16. The number of carbonyl (C=O) groups is 3. The predicted molar refractivity (Wildman–Crippen MR) is 117 cm³/mol. The molecule has 0 spiro atoms. The second kappa shape index (κ2) is 9.72. The van der Waals surface area contributed by atoms with Gasteiger partial charge in [0, 0.05) is 5.69 Å². The van der Waals surface area contributed by atoms with Gasteiger partial charge in [-0.2, -0.15) is 0 Å². The van der Waals surface area contributed by atoms with Crippen LogP contribution < -0.4 is 30.2 Å². The number of hydrogen-bond acceptors (Lipinski definition) is 7. The van der Waals surface area contributed by atoms with Crippen LogP contribution in [0.25, 0.3) is 6.08 Å². The van der Waals surface area contributed by atoms with E-state index in [1.165, 1.54) is 13.2 Å². The third-order valence-corrected chi connectivity index (χ3v) is 4.38. The van der Waals surface area contributed by atoms with Crippen LogP contribution in [-0.4, -0.2) is 43.7 Å². The highest BCUT2D eigenvalue weighted by atomic mass is 32.1. The number of ether oxygens (including phenoxy) is 3. The third-order valence-electron chi connectivity index (χ3n) is 4.17. The Morgan fingerprint density at radius 2 is 1.68 bits per heavy atom. The first-order valence-electron chi connectivity index (χ1n) is 9.02. The molecule has 1 aliphatic rings. The number of amides is 3. The van der Waals surface area contributed by atoms with E-state index in [0.29, 0.717) is 28.5 Å². The van der Waals surface area contributed by atoms with Gasteiger partial charge in [0.1, 0.15) is 11.3 Å². The van der Waals surface area contributed by atoms with Crippen molar-refractivity contribution in [3.63, 3.8) is 0 Å². The van der Waals surface area contributed by atoms with Crippen LogP contribution in [0.3, 0.4) is 0 Å². The first kappa shape index (κ1) is 21.8. The minimum Gasteiger partial charge on any atom is -0.497 e. The van der Waals surface area contributed by atoms with E-state index in [1.54, 1.807) is 49.6 Å². The first-order chi connectivity index (χ1) is 14.9. The summed E-state index contributed by atoms with van der Waals surface area (Å²) in [6.45, 7) is -0.245. The second-order valence-corrected chi connectivity index (χ2v) is 6.68. The minimum atomic E-state index is -0.594. The van der Waals surface area contributed by atoms with Crippen molar-refractivity contribution in [1.82, 2.24) is 10.6 Å². The largest absolute Gasteiger partial charge is 0.497 e. The maximum Gasteiger partial charge on any atom is 0.263 e. The molecule has 3 rings (SSSR count). The summed E-state index contributed by atoms with van der Waals surface area (Å²) in [6, 6.07) is 11.7. The molecule has 0 unspecified atom stereocenters. The fourth-order valence-electron chi connectivity index (χ4n) is 2.68. The van der Waals surface area contributed by atoms with Gasteiger partial charge in [0.15, 0.2) is 23.2 Å². The Labute approximate surface area is 183 Å². The van der Waals surface area contributed by atoms with Crippen molar-refractivity contribution in [3.8, 4) is 17.2 Å². The molecule has 1 aliphatic heterocycles. The average molecular weight is 441 g/mol. The van der Waals surface area contributed by atoms with E-state index in [0.717, 1.165) is 0 Å². The van der Waals surface area contributed by atoms with Gasteiger partial charge in [-0.25, -0.2) is 0 Å². The highest BCUT2D eigenvalue weighted by Crippen LogP contribution is 2.29. The maximum absolute atomic E-state index is 12.2. The van der Waals surface area contributed by atoms with Crippen LogP contribution in [-0.2, 0) is 14.4 Å². The van der Waals surface area contributed by atoms with Gasteiger partial charge in [-0.1, -0.05) is 6.07 Å². The molecule has 0 bridgehead atoms. The number of rotatable bonds is 7. The molecule has 2 aromatic rings.